The molecule has 1 fully saturated rings. The number of nitrogen functional groups attached to an aromatic ring is 1. The number of nitrogens with two attached hydrogens (primary N) is 1. The number of ether oxygens (including phenoxy) is 2. The zero-order valence-electron chi connectivity index (χ0n) is 14.3. The van der Waals surface area contributed by atoms with Gasteiger partial charge in [-0.2, -0.15) is 0 Å². The highest BCUT2D eigenvalue weighted by Gasteiger charge is 2.09. The van der Waals surface area contributed by atoms with Gasteiger partial charge in [0.2, 0.25) is 0 Å². The minimum Gasteiger partial charge on any atom is -0.492 e. The third kappa shape index (κ3) is 5.63. The maximum atomic E-state index is 5.89. The van der Waals surface area contributed by atoms with Crippen molar-refractivity contribution in [1.82, 2.24) is 4.90 Å². The Hall–Kier alpha value is -2.28. The van der Waals surface area contributed by atoms with Crippen LogP contribution >= 0.6 is 0 Å². The number of para-hydroxylation sites is 1. The Balaban J connectivity index is 1.37. The molecule has 0 unspecified atom stereocenters. The first-order valence-corrected chi connectivity index (χ1v) is 8.55. The molecular formula is C19H25N3O3. The standard InChI is InChI=1S/C19H25N3O3/c20-19-4-2-1-3-16(19)15-25-21-17-5-7-18(8-6-17)24-14-11-22-9-12-23-13-10-22/h1-8,21H,9-15,20H2. The number of benzene rings is 2. The molecule has 1 aliphatic heterocycles. The summed E-state index contributed by atoms with van der Waals surface area (Å²) < 4.78 is 11.1. The molecule has 3 N–H and O–H groups in total. The first-order chi connectivity index (χ1) is 12.3. The maximum absolute atomic E-state index is 5.89. The third-order valence-corrected chi connectivity index (χ3v) is 4.11. The molecule has 25 heavy (non-hydrogen) atoms. The smallest absolute Gasteiger partial charge is 0.119 e. The van der Waals surface area contributed by atoms with Crippen LogP contribution in [0.1, 0.15) is 5.56 Å². The number of morpholine rings is 1. The van der Waals surface area contributed by atoms with Crippen LogP contribution in [0.2, 0.25) is 0 Å². The summed E-state index contributed by atoms with van der Waals surface area (Å²) in [5.74, 6) is 0.853. The summed E-state index contributed by atoms with van der Waals surface area (Å²) in [7, 11) is 0. The molecule has 2 aromatic carbocycles. The normalized spacial score (nSPS) is 15.0. The average Bonchev–Trinajstić information content (AvgIpc) is 2.65. The van der Waals surface area contributed by atoms with Gasteiger partial charge >= 0.3 is 0 Å². The van der Waals surface area contributed by atoms with E-state index in [2.05, 4.69) is 10.4 Å². The van der Waals surface area contributed by atoms with E-state index in [1.165, 1.54) is 0 Å². The van der Waals surface area contributed by atoms with Crippen LogP contribution in [0.5, 0.6) is 5.75 Å². The van der Waals surface area contributed by atoms with Gasteiger partial charge in [-0.05, 0) is 30.3 Å². The summed E-state index contributed by atoms with van der Waals surface area (Å²) in [5, 5.41) is 0. The van der Waals surface area contributed by atoms with Crippen molar-refractivity contribution in [3.63, 3.8) is 0 Å². The van der Waals surface area contributed by atoms with E-state index in [4.69, 9.17) is 20.0 Å². The average molecular weight is 343 g/mol. The Bertz CT molecular complexity index is 643. The molecule has 2 aromatic rings. The van der Waals surface area contributed by atoms with Gasteiger partial charge in [-0.15, -0.1) is 0 Å². The lowest BCUT2D eigenvalue weighted by atomic mass is 10.2. The van der Waals surface area contributed by atoms with Crippen molar-refractivity contribution < 1.29 is 14.3 Å². The fourth-order valence-electron chi connectivity index (χ4n) is 2.60. The van der Waals surface area contributed by atoms with Crippen molar-refractivity contribution >= 4 is 11.4 Å². The Morgan fingerprint density at radius 3 is 2.56 bits per heavy atom. The lowest BCUT2D eigenvalue weighted by Crippen LogP contribution is -2.38. The van der Waals surface area contributed by atoms with Gasteiger partial charge in [-0.3, -0.25) is 15.2 Å². The van der Waals surface area contributed by atoms with Gasteiger partial charge in [0, 0.05) is 30.9 Å². The predicted molar refractivity (Wildman–Crippen MR) is 98.5 cm³/mol. The highest BCUT2D eigenvalue weighted by Crippen LogP contribution is 2.17. The first kappa shape index (κ1) is 17.5. The van der Waals surface area contributed by atoms with Crippen LogP contribution in [0, 0.1) is 0 Å². The van der Waals surface area contributed by atoms with Gasteiger partial charge in [-0.1, -0.05) is 18.2 Å². The molecule has 6 nitrogen and oxygen atoms in total. The van der Waals surface area contributed by atoms with Gasteiger partial charge in [0.05, 0.1) is 18.9 Å². The van der Waals surface area contributed by atoms with Crippen LogP contribution in [-0.2, 0) is 16.2 Å². The van der Waals surface area contributed by atoms with Crippen LogP contribution in [0.4, 0.5) is 11.4 Å². The minimum atomic E-state index is 0.407. The van der Waals surface area contributed by atoms with Crippen molar-refractivity contribution in [2.45, 2.75) is 6.61 Å². The molecule has 1 heterocycles. The van der Waals surface area contributed by atoms with Crippen LogP contribution < -0.4 is 16.0 Å². The van der Waals surface area contributed by atoms with E-state index >= 15 is 0 Å². The molecule has 0 radical (unpaired) electrons. The molecule has 0 saturated carbocycles. The molecule has 0 aliphatic carbocycles. The predicted octanol–water partition coefficient (Wildman–Crippen LogP) is 2.52. The lowest BCUT2D eigenvalue weighted by Gasteiger charge is -2.26. The zero-order valence-corrected chi connectivity index (χ0v) is 14.3. The largest absolute Gasteiger partial charge is 0.492 e. The Morgan fingerprint density at radius 1 is 1.04 bits per heavy atom. The van der Waals surface area contributed by atoms with E-state index in [0.717, 1.165) is 55.5 Å². The Labute approximate surface area is 148 Å². The van der Waals surface area contributed by atoms with Gasteiger partial charge in [0.25, 0.3) is 0 Å². The number of nitrogens with one attached hydrogen (secondary N) is 1. The molecule has 0 atom stereocenters. The molecule has 1 aliphatic rings. The summed E-state index contributed by atoms with van der Waals surface area (Å²) in [6.45, 7) is 5.60. The van der Waals surface area contributed by atoms with E-state index in [-0.39, 0.29) is 0 Å². The van der Waals surface area contributed by atoms with E-state index in [1.807, 2.05) is 48.5 Å². The van der Waals surface area contributed by atoms with Crippen LogP contribution in [0.15, 0.2) is 48.5 Å². The fourth-order valence-corrected chi connectivity index (χ4v) is 2.60. The monoisotopic (exact) mass is 343 g/mol. The molecule has 1 saturated heterocycles. The quantitative estimate of drug-likeness (QED) is 0.567. The summed E-state index contributed by atoms with van der Waals surface area (Å²) in [5.41, 5.74) is 11.4. The van der Waals surface area contributed by atoms with Gasteiger partial charge in [0.15, 0.2) is 0 Å². The maximum Gasteiger partial charge on any atom is 0.119 e. The van der Waals surface area contributed by atoms with Gasteiger partial charge < -0.3 is 15.2 Å². The number of nitrogens with zero attached hydrogens (tertiary/aromatic N) is 1. The SMILES string of the molecule is Nc1ccccc1CONc1ccc(OCCN2CCOCC2)cc1. The van der Waals surface area contributed by atoms with Crippen molar-refractivity contribution in [3.05, 3.63) is 54.1 Å². The van der Waals surface area contributed by atoms with Gasteiger partial charge in [-0.25, -0.2) is 0 Å². The summed E-state index contributed by atoms with van der Waals surface area (Å²) >= 11 is 0. The van der Waals surface area contributed by atoms with Crippen molar-refractivity contribution in [2.75, 3.05) is 50.7 Å². The molecule has 0 amide bonds. The zero-order chi connectivity index (χ0) is 17.3. The van der Waals surface area contributed by atoms with Crippen LogP contribution in [-0.4, -0.2) is 44.4 Å². The summed E-state index contributed by atoms with van der Waals surface area (Å²) in [6.07, 6.45) is 0. The highest BCUT2D eigenvalue weighted by atomic mass is 16.6. The van der Waals surface area contributed by atoms with Crippen molar-refractivity contribution in [2.24, 2.45) is 0 Å². The molecule has 0 spiro atoms. The second-order valence-electron chi connectivity index (χ2n) is 5.92. The Kier molecular flexibility index (Phi) is 6.50. The second-order valence-corrected chi connectivity index (χ2v) is 5.92. The van der Waals surface area contributed by atoms with E-state index in [0.29, 0.717) is 13.2 Å². The molecule has 6 heteroatoms. The molecule has 0 aromatic heterocycles. The number of rotatable bonds is 8. The molecule has 0 bridgehead atoms. The minimum absolute atomic E-state index is 0.407. The van der Waals surface area contributed by atoms with Crippen molar-refractivity contribution in [3.8, 4) is 5.75 Å². The van der Waals surface area contributed by atoms with Gasteiger partial charge in [0.1, 0.15) is 19.0 Å². The molecule has 3 rings (SSSR count). The number of anilines is 2. The second kappa shape index (κ2) is 9.27. The van der Waals surface area contributed by atoms with Crippen LogP contribution in [0.3, 0.4) is 0 Å². The molecule has 134 valence electrons. The number of hydrogen-bond acceptors (Lipinski definition) is 6. The third-order valence-electron chi connectivity index (χ3n) is 4.11. The highest BCUT2D eigenvalue weighted by molar-refractivity contribution is 5.47. The van der Waals surface area contributed by atoms with E-state index < -0.39 is 0 Å². The van der Waals surface area contributed by atoms with Crippen LogP contribution in [0.25, 0.3) is 0 Å². The first-order valence-electron chi connectivity index (χ1n) is 8.55. The summed E-state index contributed by atoms with van der Waals surface area (Å²) in [6, 6.07) is 15.4. The summed E-state index contributed by atoms with van der Waals surface area (Å²) in [4.78, 5) is 7.85. The fraction of sp³-hybridized carbons (Fsp3) is 0.368. The number of hydrogen-bond donors (Lipinski definition) is 2. The topological polar surface area (TPSA) is 69.0 Å². The van der Waals surface area contributed by atoms with E-state index in [9.17, 15) is 0 Å². The lowest BCUT2D eigenvalue weighted by molar-refractivity contribution is 0.0322. The van der Waals surface area contributed by atoms with E-state index in [1.54, 1.807) is 0 Å². The van der Waals surface area contributed by atoms with Crippen molar-refractivity contribution in [1.29, 1.82) is 0 Å². The molecular weight excluding hydrogens is 318 g/mol. The Morgan fingerprint density at radius 2 is 1.80 bits per heavy atom.